The number of carbonyl (C=O) groups excluding carboxylic acids is 2. The van der Waals surface area contributed by atoms with Crippen molar-refractivity contribution in [3.63, 3.8) is 0 Å². The molecule has 6 heteroatoms. The molecule has 4 rings (SSSR count). The highest BCUT2D eigenvalue weighted by atomic mass is 16.5. The van der Waals surface area contributed by atoms with Gasteiger partial charge in [-0.3, -0.25) is 9.59 Å². The SMILES string of the molecule is C=CC(=O)N1CCc2ccc(NC(=O)c3cc(C4CC4)on3)cc2C1. The molecule has 1 aromatic carbocycles. The summed E-state index contributed by atoms with van der Waals surface area (Å²) in [7, 11) is 0. The van der Waals surface area contributed by atoms with E-state index in [1.54, 1.807) is 11.0 Å². The molecule has 0 atom stereocenters. The molecular weight excluding hydrogens is 318 g/mol. The first-order valence-corrected chi connectivity index (χ1v) is 8.45. The molecule has 1 aliphatic heterocycles. The molecule has 128 valence electrons. The first kappa shape index (κ1) is 15.6. The van der Waals surface area contributed by atoms with E-state index >= 15 is 0 Å². The Bertz CT molecular complexity index is 851. The van der Waals surface area contributed by atoms with Gasteiger partial charge in [0.05, 0.1) is 0 Å². The minimum atomic E-state index is -0.287. The molecule has 1 aromatic heterocycles. The number of fused-ring (bicyclic) bond motifs is 1. The number of hydrogen-bond donors (Lipinski definition) is 1. The Morgan fingerprint density at radius 1 is 1.28 bits per heavy atom. The smallest absolute Gasteiger partial charge is 0.277 e. The third-order valence-electron chi connectivity index (χ3n) is 4.70. The highest BCUT2D eigenvalue weighted by Gasteiger charge is 2.29. The highest BCUT2D eigenvalue weighted by Crippen LogP contribution is 2.40. The van der Waals surface area contributed by atoms with E-state index < -0.39 is 0 Å². The van der Waals surface area contributed by atoms with Crippen molar-refractivity contribution in [3.8, 4) is 0 Å². The van der Waals surface area contributed by atoms with Crippen LogP contribution in [0.1, 0.15) is 46.1 Å². The van der Waals surface area contributed by atoms with Crippen molar-refractivity contribution < 1.29 is 14.1 Å². The number of amides is 2. The molecule has 25 heavy (non-hydrogen) atoms. The minimum absolute atomic E-state index is 0.0738. The number of nitrogens with one attached hydrogen (secondary N) is 1. The van der Waals surface area contributed by atoms with E-state index in [-0.39, 0.29) is 11.8 Å². The van der Waals surface area contributed by atoms with E-state index in [4.69, 9.17) is 4.52 Å². The van der Waals surface area contributed by atoms with Crippen LogP contribution in [0.25, 0.3) is 0 Å². The third-order valence-corrected chi connectivity index (χ3v) is 4.70. The predicted octanol–water partition coefficient (Wildman–Crippen LogP) is 2.88. The molecule has 6 nitrogen and oxygen atoms in total. The van der Waals surface area contributed by atoms with Crippen LogP contribution in [0.3, 0.4) is 0 Å². The van der Waals surface area contributed by atoms with Gasteiger partial charge in [-0.1, -0.05) is 17.8 Å². The van der Waals surface area contributed by atoms with Crippen molar-refractivity contribution in [1.82, 2.24) is 10.1 Å². The number of rotatable bonds is 4. The highest BCUT2D eigenvalue weighted by molar-refractivity contribution is 6.02. The predicted molar refractivity (Wildman–Crippen MR) is 92.2 cm³/mol. The normalized spacial score (nSPS) is 16.2. The zero-order valence-electron chi connectivity index (χ0n) is 13.8. The van der Waals surface area contributed by atoms with E-state index in [0.717, 1.165) is 30.6 Å². The summed E-state index contributed by atoms with van der Waals surface area (Å²) in [4.78, 5) is 25.9. The number of anilines is 1. The molecule has 0 saturated heterocycles. The van der Waals surface area contributed by atoms with Crippen LogP contribution in [0, 0.1) is 0 Å². The second kappa shape index (κ2) is 6.20. The summed E-state index contributed by atoms with van der Waals surface area (Å²) in [6, 6.07) is 7.51. The van der Waals surface area contributed by atoms with Gasteiger partial charge in [0.1, 0.15) is 5.76 Å². The fraction of sp³-hybridized carbons (Fsp3) is 0.316. The Hall–Kier alpha value is -2.89. The Morgan fingerprint density at radius 3 is 2.88 bits per heavy atom. The summed E-state index contributed by atoms with van der Waals surface area (Å²) in [5.74, 6) is 0.848. The van der Waals surface area contributed by atoms with Crippen molar-refractivity contribution in [2.75, 3.05) is 11.9 Å². The van der Waals surface area contributed by atoms with E-state index in [1.165, 1.54) is 11.6 Å². The molecule has 0 radical (unpaired) electrons. The number of carbonyl (C=O) groups is 2. The molecule has 1 aliphatic carbocycles. The van der Waals surface area contributed by atoms with Crippen LogP contribution in [0.15, 0.2) is 41.4 Å². The molecular formula is C19H19N3O3. The van der Waals surface area contributed by atoms with Gasteiger partial charge in [0.15, 0.2) is 5.69 Å². The van der Waals surface area contributed by atoms with Gasteiger partial charge in [-0.05, 0) is 48.6 Å². The van der Waals surface area contributed by atoms with Crippen LogP contribution in [0.5, 0.6) is 0 Å². The lowest BCUT2D eigenvalue weighted by Gasteiger charge is -2.28. The molecule has 0 unspecified atom stereocenters. The van der Waals surface area contributed by atoms with Gasteiger partial charge in [0.25, 0.3) is 5.91 Å². The minimum Gasteiger partial charge on any atom is -0.360 e. The van der Waals surface area contributed by atoms with Crippen LogP contribution in [-0.2, 0) is 17.8 Å². The van der Waals surface area contributed by atoms with Crippen LogP contribution < -0.4 is 5.32 Å². The molecule has 2 aromatic rings. The van der Waals surface area contributed by atoms with Gasteiger partial charge in [-0.2, -0.15) is 0 Å². The molecule has 2 heterocycles. The zero-order valence-corrected chi connectivity index (χ0v) is 13.8. The van der Waals surface area contributed by atoms with Crippen molar-refractivity contribution in [1.29, 1.82) is 0 Å². The topological polar surface area (TPSA) is 75.4 Å². The third kappa shape index (κ3) is 3.20. The van der Waals surface area contributed by atoms with Gasteiger partial charge in [-0.25, -0.2) is 0 Å². The maximum Gasteiger partial charge on any atom is 0.277 e. The maximum atomic E-state index is 12.3. The first-order chi connectivity index (χ1) is 12.1. The van der Waals surface area contributed by atoms with Gasteiger partial charge in [0, 0.05) is 30.8 Å². The molecule has 1 N–H and O–H groups in total. The zero-order chi connectivity index (χ0) is 17.4. The fourth-order valence-electron chi connectivity index (χ4n) is 3.10. The Balaban J connectivity index is 1.48. The number of hydrogen-bond acceptors (Lipinski definition) is 4. The van der Waals surface area contributed by atoms with Crippen LogP contribution in [0.2, 0.25) is 0 Å². The number of benzene rings is 1. The first-order valence-electron chi connectivity index (χ1n) is 8.45. The summed E-state index contributed by atoms with van der Waals surface area (Å²) in [6.07, 6.45) is 4.33. The molecule has 0 bridgehead atoms. The average Bonchev–Trinajstić information content (AvgIpc) is 3.37. The fourth-order valence-corrected chi connectivity index (χ4v) is 3.10. The summed E-state index contributed by atoms with van der Waals surface area (Å²) in [5, 5.41) is 6.71. The van der Waals surface area contributed by atoms with Gasteiger partial charge >= 0.3 is 0 Å². The summed E-state index contributed by atoms with van der Waals surface area (Å²) in [6.45, 7) is 4.75. The lowest BCUT2D eigenvalue weighted by atomic mass is 9.99. The second-order valence-electron chi connectivity index (χ2n) is 6.54. The Labute approximate surface area is 145 Å². The van der Waals surface area contributed by atoms with E-state index in [0.29, 0.717) is 30.4 Å². The van der Waals surface area contributed by atoms with Crippen molar-refractivity contribution in [2.24, 2.45) is 0 Å². The van der Waals surface area contributed by atoms with Crippen LogP contribution in [-0.4, -0.2) is 28.4 Å². The largest absolute Gasteiger partial charge is 0.360 e. The van der Waals surface area contributed by atoms with Crippen molar-refractivity contribution in [3.05, 3.63) is 59.5 Å². The maximum absolute atomic E-state index is 12.3. The lowest BCUT2D eigenvalue weighted by Crippen LogP contribution is -2.34. The summed E-state index contributed by atoms with van der Waals surface area (Å²) in [5.41, 5.74) is 3.22. The molecule has 0 spiro atoms. The van der Waals surface area contributed by atoms with E-state index in [1.807, 2.05) is 18.2 Å². The van der Waals surface area contributed by atoms with Crippen LogP contribution in [0.4, 0.5) is 5.69 Å². The summed E-state index contributed by atoms with van der Waals surface area (Å²) < 4.78 is 5.23. The van der Waals surface area contributed by atoms with Crippen LogP contribution >= 0.6 is 0 Å². The molecule has 1 fully saturated rings. The Morgan fingerprint density at radius 2 is 2.12 bits per heavy atom. The number of nitrogens with zero attached hydrogens (tertiary/aromatic N) is 2. The van der Waals surface area contributed by atoms with Crippen molar-refractivity contribution in [2.45, 2.75) is 31.7 Å². The standard InChI is InChI=1S/C19H19N3O3/c1-2-18(23)22-8-7-12-5-6-15(9-14(12)11-22)20-19(24)16-10-17(25-21-16)13-3-4-13/h2,5-6,9-10,13H,1,3-4,7-8,11H2,(H,20,24). The quantitative estimate of drug-likeness (QED) is 0.871. The lowest BCUT2D eigenvalue weighted by molar-refractivity contribution is -0.126. The van der Waals surface area contributed by atoms with Gasteiger partial charge in [0.2, 0.25) is 5.91 Å². The number of aromatic nitrogens is 1. The average molecular weight is 337 g/mol. The van der Waals surface area contributed by atoms with Gasteiger partial charge in [-0.15, -0.1) is 0 Å². The molecule has 1 saturated carbocycles. The van der Waals surface area contributed by atoms with Gasteiger partial charge < -0.3 is 14.7 Å². The monoisotopic (exact) mass is 337 g/mol. The summed E-state index contributed by atoms with van der Waals surface area (Å²) >= 11 is 0. The van der Waals surface area contributed by atoms with Crippen molar-refractivity contribution >= 4 is 17.5 Å². The second-order valence-corrected chi connectivity index (χ2v) is 6.54. The molecule has 2 aliphatic rings. The molecule has 2 amide bonds. The van der Waals surface area contributed by atoms with E-state index in [9.17, 15) is 9.59 Å². The Kier molecular flexibility index (Phi) is 3.87. The van der Waals surface area contributed by atoms with E-state index in [2.05, 4.69) is 17.1 Å².